The zero-order chi connectivity index (χ0) is 26.5. The van der Waals surface area contributed by atoms with Crippen LogP contribution in [0.5, 0.6) is 17.2 Å². The van der Waals surface area contributed by atoms with E-state index in [1.807, 2.05) is 0 Å². The van der Waals surface area contributed by atoms with Crippen molar-refractivity contribution in [2.45, 2.75) is 6.18 Å². The molecule has 0 atom stereocenters. The van der Waals surface area contributed by atoms with Gasteiger partial charge in [-0.15, -0.1) is 0 Å². The summed E-state index contributed by atoms with van der Waals surface area (Å²) in [4.78, 5) is 21.6. The first kappa shape index (κ1) is 26.6. The third-order valence-electron chi connectivity index (χ3n) is 4.64. The van der Waals surface area contributed by atoms with Crippen LogP contribution in [0.15, 0.2) is 42.6 Å². The fourth-order valence-corrected chi connectivity index (χ4v) is 3.31. The summed E-state index contributed by atoms with van der Waals surface area (Å²) in [5, 5.41) is 14.7. The van der Waals surface area contributed by atoms with Gasteiger partial charge in [0.1, 0.15) is 12.4 Å². The molecule has 1 amide bonds. The molecular formula is C22H20ClF3N4O6. The molecule has 0 spiro atoms. The molecule has 192 valence electrons. The van der Waals surface area contributed by atoms with Gasteiger partial charge in [-0.05, 0) is 36.4 Å². The largest absolute Gasteiger partial charge is 0.492 e. The summed E-state index contributed by atoms with van der Waals surface area (Å²) in [5.41, 5.74) is 7.98. The lowest BCUT2D eigenvalue weighted by Crippen LogP contribution is -2.21. The first-order valence-electron chi connectivity index (χ1n) is 10.2. The number of rotatable bonds is 6. The van der Waals surface area contributed by atoms with E-state index >= 15 is 0 Å². The second-order valence-corrected chi connectivity index (χ2v) is 7.55. The number of alkyl halides is 3. The van der Waals surface area contributed by atoms with Gasteiger partial charge in [0.05, 0.1) is 16.9 Å². The second kappa shape index (κ2) is 11.2. The molecule has 4 N–H and O–H groups in total. The molecular weight excluding hydrogens is 509 g/mol. The smallest absolute Gasteiger partial charge is 0.490 e. The fraction of sp³-hybridized carbons (Fsp3) is 0.227. The van der Waals surface area contributed by atoms with Crippen LogP contribution in [0.4, 0.5) is 18.9 Å². The summed E-state index contributed by atoms with van der Waals surface area (Å²) in [6.45, 7) is 0.881. The molecule has 1 aliphatic rings. The molecule has 36 heavy (non-hydrogen) atoms. The fourth-order valence-electron chi connectivity index (χ4n) is 3.04. The van der Waals surface area contributed by atoms with Crippen LogP contribution in [0.3, 0.4) is 0 Å². The maximum absolute atomic E-state index is 12.7. The van der Waals surface area contributed by atoms with Crippen molar-refractivity contribution >= 4 is 29.2 Å². The van der Waals surface area contributed by atoms with Crippen LogP contribution < -0.4 is 25.3 Å². The van der Waals surface area contributed by atoms with Crippen LogP contribution in [0.25, 0.3) is 11.3 Å². The third kappa shape index (κ3) is 6.37. The Kier molecular flexibility index (Phi) is 8.27. The van der Waals surface area contributed by atoms with Crippen molar-refractivity contribution in [1.82, 2.24) is 9.78 Å². The molecule has 0 saturated carbocycles. The number of carbonyl (C=O) groups is 2. The van der Waals surface area contributed by atoms with Crippen LogP contribution >= 0.6 is 11.6 Å². The van der Waals surface area contributed by atoms with E-state index < -0.39 is 12.1 Å². The van der Waals surface area contributed by atoms with Gasteiger partial charge in [0.2, 0.25) is 6.79 Å². The van der Waals surface area contributed by atoms with Crippen molar-refractivity contribution < 1.29 is 42.1 Å². The lowest BCUT2D eigenvalue weighted by atomic mass is 10.1. The van der Waals surface area contributed by atoms with E-state index in [4.69, 9.17) is 41.4 Å². The monoisotopic (exact) mass is 528 g/mol. The van der Waals surface area contributed by atoms with Crippen molar-refractivity contribution in [2.75, 3.05) is 25.3 Å². The Morgan fingerprint density at radius 1 is 1.22 bits per heavy atom. The number of carboxylic acids is 1. The SMILES string of the molecule is Cn1ncc(Cl)c1-c1cc(NC(=O)c2ccc3c(c2)OCO3)ccc1OCCN.O=C(O)C(F)(F)F. The Morgan fingerprint density at radius 3 is 2.53 bits per heavy atom. The number of halogens is 4. The van der Waals surface area contributed by atoms with Gasteiger partial charge in [-0.3, -0.25) is 9.48 Å². The van der Waals surface area contributed by atoms with Crippen LogP contribution in [0.1, 0.15) is 10.4 Å². The van der Waals surface area contributed by atoms with E-state index in [9.17, 15) is 18.0 Å². The maximum Gasteiger partial charge on any atom is 0.490 e. The number of hydrogen-bond acceptors (Lipinski definition) is 7. The summed E-state index contributed by atoms with van der Waals surface area (Å²) in [6, 6.07) is 10.4. The molecule has 0 bridgehead atoms. The van der Waals surface area contributed by atoms with Crippen molar-refractivity contribution in [3.8, 4) is 28.5 Å². The van der Waals surface area contributed by atoms with E-state index in [0.29, 0.717) is 57.9 Å². The number of aryl methyl sites for hydroxylation is 1. The number of nitrogens with one attached hydrogen (secondary N) is 1. The number of ether oxygens (including phenoxy) is 3. The minimum Gasteiger partial charge on any atom is -0.492 e. The number of carbonyl (C=O) groups excluding carboxylic acids is 1. The Labute approximate surface area is 207 Å². The number of amides is 1. The van der Waals surface area contributed by atoms with Crippen LogP contribution in [0.2, 0.25) is 5.02 Å². The summed E-state index contributed by atoms with van der Waals surface area (Å²) < 4.78 is 49.7. The van der Waals surface area contributed by atoms with Crippen LogP contribution in [-0.2, 0) is 11.8 Å². The topological polar surface area (TPSA) is 138 Å². The molecule has 0 fully saturated rings. The lowest BCUT2D eigenvalue weighted by Gasteiger charge is -2.14. The molecule has 0 unspecified atom stereocenters. The summed E-state index contributed by atoms with van der Waals surface area (Å²) in [7, 11) is 1.78. The van der Waals surface area contributed by atoms with Gasteiger partial charge < -0.3 is 30.4 Å². The Bertz CT molecular complexity index is 1250. The zero-order valence-electron chi connectivity index (χ0n) is 18.6. The number of aromatic nitrogens is 2. The van der Waals surface area contributed by atoms with Crippen LogP contribution in [-0.4, -0.2) is 52.9 Å². The Morgan fingerprint density at radius 2 is 1.92 bits per heavy atom. The number of benzene rings is 2. The van der Waals surface area contributed by atoms with Gasteiger partial charge in [-0.1, -0.05) is 11.6 Å². The number of hydrogen-bond donors (Lipinski definition) is 3. The molecule has 10 nitrogen and oxygen atoms in total. The van der Waals surface area contributed by atoms with E-state index in [0.717, 1.165) is 0 Å². The first-order valence-corrected chi connectivity index (χ1v) is 10.5. The lowest BCUT2D eigenvalue weighted by molar-refractivity contribution is -0.192. The van der Waals surface area contributed by atoms with E-state index in [1.54, 1.807) is 54.3 Å². The van der Waals surface area contributed by atoms with Gasteiger partial charge in [0.25, 0.3) is 5.91 Å². The minimum atomic E-state index is -5.08. The van der Waals surface area contributed by atoms with Gasteiger partial charge >= 0.3 is 12.1 Å². The normalized spacial score (nSPS) is 11.9. The van der Waals surface area contributed by atoms with Crippen molar-refractivity contribution in [2.24, 2.45) is 12.8 Å². The van der Waals surface area contributed by atoms with E-state index in [1.165, 1.54) is 0 Å². The molecule has 0 radical (unpaired) electrons. The average Bonchev–Trinajstić information content (AvgIpc) is 3.43. The molecule has 1 aromatic heterocycles. The van der Waals surface area contributed by atoms with E-state index in [2.05, 4.69) is 10.4 Å². The van der Waals surface area contributed by atoms with Crippen molar-refractivity contribution in [3.05, 3.63) is 53.2 Å². The Hall–Kier alpha value is -3.97. The number of carboxylic acid groups (broad SMARTS) is 1. The van der Waals surface area contributed by atoms with Gasteiger partial charge in [0, 0.05) is 30.4 Å². The summed E-state index contributed by atoms with van der Waals surface area (Å²) in [5.74, 6) is -1.27. The predicted molar refractivity (Wildman–Crippen MR) is 122 cm³/mol. The number of aliphatic carboxylic acids is 1. The van der Waals surface area contributed by atoms with E-state index in [-0.39, 0.29) is 12.7 Å². The highest BCUT2D eigenvalue weighted by Gasteiger charge is 2.38. The molecule has 14 heteroatoms. The highest BCUT2D eigenvalue weighted by Crippen LogP contribution is 2.37. The number of nitrogens with zero attached hydrogens (tertiary/aromatic N) is 2. The summed E-state index contributed by atoms with van der Waals surface area (Å²) >= 11 is 6.32. The number of nitrogens with two attached hydrogens (primary N) is 1. The van der Waals surface area contributed by atoms with Crippen molar-refractivity contribution in [3.63, 3.8) is 0 Å². The second-order valence-electron chi connectivity index (χ2n) is 7.14. The van der Waals surface area contributed by atoms with Gasteiger partial charge in [-0.2, -0.15) is 18.3 Å². The standard InChI is InChI=1S/C20H19ClN4O4.C2HF3O2/c1-25-19(15(21)10-23-25)14-9-13(3-5-16(14)27-7-6-22)24-20(26)12-2-4-17-18(8-12)29-11-28-17;3-2(4,5)1(6)7/h2-5,8-10H,6-7,11,22H2,1H3,(H,24,26);(H,6,7). The van der Waals surface area contributed by atoms with Gasteiger partial charge in [-0.25, -0.2) is 4.79 Å². The zero-order valence-corrected chi connectivity index (χ0v) is 19.4. The molecule has 3 aromatic rings. The molecule has 4 rings (SSSR count). The minimum absolute atomic E-state index is 0.152. The summed E-state index contributed by atoms with van der Waals surface area (Å²) in [6.07, 6.45) is -3.53. The van der Waals surface area contributed by atoms with Crippen LogP contribution in [0, 0.1) is 0 Å². The maximum atomic E-state index is 12.7. The highest BCUT2D eigenvalue weighted by atomic mass is 35.5. The molecule has 0 saturated heterocycles. The molecule has 0 aliphatic carbocycles. The number of fused-ring (bicyclic) bond motifs is 1. The predicted octanol–water partition coefficient (Wildman–Crippen LogP) is 3.69. The molecule has 1 aliphatic heterocycles. The molecule has 2 aromatic carbocycles. The molecule has 2 heterocycles. The quantitative estimate of drug-likeness (QED) is 0.440. The highest BCUT2D eigenvalue weighted by molar-refractivity contribution is 6.33. The third-order valence-corrected chi connectivity index (χ3v) is 4.92. The van der Waals surface area contributed by atoms with Gasteiger partial charge in [0.15, 0.2) is 11.5 Å². The number of anilines is 1. The Balaban J connectivity index is 0.000000454. The average molecular weight is 529 g/mol. The first-order chi connectivity index (χ1) is 17.0. The van der Waals surface area contributed by atoms with Crippen molar-refractivity contribution in [1.29, 1.82) is 0 Å².